The first-order valence-corrected chi connectivity index (χ1v) is 29.2. The van der Waals surface area contributed by atoms with Crippen molar-refractivity contribution in [3.05, 3.63) is 362 Å². The van der Waals surface area contributed by atoms with Crippen LogP contribution in [0.15, 0.2) is 315 Å². The van der Waals surface area contributed by atoms with Crippen LogP contribution in [0.2, 0.25) is 0 Å². The Balaban J connectivity index is 0.950. The standard InChI is InChI=1S/C78H52F8N6/c79-53-1-17-61(18-2-53)87(62-19-3-54(80)4-20-62)69-33-41-73(42-34-69)91(74-43-35-70(36-44-74)88(63-21-5-55(81)6-22-63)64-23-7-56(82)8-24-64)77-49-51-78(52-50-77)92(75-45-37-71(38-46-75)89(65-25-9-57(83)10-26-65)66-27-11-58(84)12-28-66)76-47-39-72(40-48-76)90(67-29-13-59(85)14-30-67)68-31-15-60(86)16-32-68/h1-52H/q+2. The molecule has 0 atom stereocenters. The van der Waals surface area contributed by atoms with Crippen LogP contribution in [0, 0.1) is 46.5 Å². The quantitative estimate of drug-likeness (QED) is 0.0545. The molecule has 0 fully saturated rings. The molecule has 12 aromatic carbocycles. The zero-order valence-corrected chi connectivity index (χ0v) is 48.7. The van der Waals surface area contributed by atoms with Gasteiger partial charge in [-0.05, 0) is 243 Å². The Morgan fingerprint density at radius 3 is 0.380 bits per heavy atom. The first-order valence-electron chi connectivity index (χ1n) is 29.2. The third kappa shape index (κ3) is 12.8. The summed E-state index contributed by atoms with van der Waals surface area (Å²) < 4.78 is 119. The molecule has 0 N–H and O–H groups in total. The highest BCUT2D eigenvalue weighted by Gasteiger charge is 2.27. The number of benzene rings is 12. The van der Waals surface area contributed by atoms with Gasteiger partial charge >= 0.3 is 0 Å². The third-order valence-corrected chi connectivity index (χ3v) is 15.5. The molecular weight excluding hydrogens is 1170 g/mol. The van der Waals surface area contributed by atoms with Crippen LogP contribution in [-0.4, -0.2) is 11.4 Å². The molecule has 1 aliphatic rings. The van der Waals surface area contributed by atoms with Gasteiger partial charge in [0.1, 0.15) is 46.5 Å². The van der Waals surface area contributed by atoms with Crippen molar-refractivity contribution in [1.29, 1.82) is 0 Å². The second kappa shape index (κ2) is 26.0. The number of allylic oxidation sites excluding steroid dienone is 4. The van der Waals surface area contributed by atoms with Crippen molar-refractivity contribution in [2.75, 3.05) is 19.6 Å². The van der Waals surface area contributed by atoms with Crippen LogP contribution in [0.3, 0.4) is 0 Å². The first kappa shape index (κ1) is 59.1. The topological polar surface area (TPSA) is 19.0 Å². The Morgan fingerprint density at radius 1 is 0.152 bits per heavy atom. The number of halogens is 8. The van der Waals surface area contributed by atoms with Gasteiger partial charge < -0.3 is 19.6 Å². The summed E-state index contributed by atoms with van der Waals surface area (Å²) in [5, 5.41) is 0. The van der Waals surface area contributed by atoms with Gasteiger partial charge in [0.25, 0.3) is 0 Å². The lowest BCUT2D eigenvalue weighted by Crippen LogP contribution is -2.20. The van der Waals surface area contributed by atoms with Crippen LogP contribution < -0.4 is 28.8 Å². The predicted molar refractivity (Wildman–Crippen MR) is 355 cm³/mol. The molecule has 92 heavy (non-hydrogen) atoms. The molecule has 6 nitrogen and oxygen atoms in total. The highest BCUT2D eigenvalue weighted by molar-refractivity contribution is 6.21. The van der Waals surface area contributed by atoms with E-state index in [-0.39, 0.29) is 0 Å². The first-order chi connectivity index (χ1) is 44.8. The molecule has 0 spiro atoms. The van der Waals surface area contributed by atoms with E-state index in [4.69, 9.17) is 0 Å². The normalized spacial score (nSPS) is 11.8. The summed E-state index contributed by atoms with van der Waals surface area (Å²) >= 11 is 0. The molecule has 12 aromatic rings. The molecule has 14 heteroatoms. The number of nitrogens with zero attached hydrogens (tertiary/aromatic N) is 6. The summed E-state index contributed by atoms with van der Waals surface area (Å²) in [7, 11) is 0. The predicted octanol–water partition coefficient (Wildman–Crippen LogP) is 22.1. The van der Waals surface area contributed by atoms with E-state index in [0.717, 1.165) is 34.2 Å². The summed E-state index contributed by atoms with van der Waals surface area (Å²) in [5.74, 6) is -3.26. The van der Waals surface area contributed by atoms with Crippen molar-refractivity contribution >= 4 is 102 Å². The summed E-state index contributed by atoms with van der Waals surface area (Å²) in [4.78, 5) is 7.60. The van der Waals surface area contributed by atoms with Crippen molar-refractivity contribution in [1.82, 2.24) is 9.15 Å². The minimum atomic E-state index is -0.407. The van der Waals surface area contributed by atoms with Gasteiger partial charge in [-0.2, -0.15) is 9.15 Å². The van der Waals surface area contributed by atoms with Gasteiger partial charge in [-0.25, -0.2) is 35.1 Å². The van der Waals surface area contributed by atoms with Crippen molar-refractivity contribution in [3.63, 3.8) is 0 Å². The smallest absolute Gasteiger partial charge is 0.212 e. The fourth-order valence-electron chi connectivity index (χ4n) is 11.2. The summed E-state index contributed by atoms with van der Waals surface area (Å²) in [6.45, 7) is 0. The molecule has 0 aliphatic heterocycles. The fourth-order valence-corrected chi connectivity index (χ4v) is 11.2. The van der Waals surface area contributed by atoms with Crippen LogP contribution >= 0.6 is 0 Å². The van der Waals surface area contributed by atoms with Gasteiger partial charge in [-0.1, -0.05) is 0 Å². The van der Waals surface area contributed by atoms with Gasteiger partial charge in [-0.3, -0.25) is 0 Å². The third-order valence-electron chi connectivity index (χ3n) is 15.5. The van der Waals surface area contributed by atoms with E-state index in [1.165, 1.54) is 97.1 Å². The van der Waals surface area contributed by atoms with Crippen LogP contribution in [0.4, 0.5) is 126 Å². The molecule has 0 aromatic heterocycles. The Kier molecular flexibility index (Phi) is 16.7. The summed E-state index contributed by atoms with van der Waals surface area (Å²) in [6, 6.07) is 79.5. The van der Waals surface area contributed by atoms with E-state index in [2.05, 4.69) is 9.15 Å². The Hall–Kier alpha value is -11.9. The lowest BCUT2D eigenvalue weighted by Gasteiger charge is -2.26. The zero-order chi connectivity index (χ0) is 63.2. The van der Waals surface area contributed by atoms with E-state index in [9.17, 15) is 35.1 Å². The van der Waals surface area contributed by atoms with E-state index in [1.54, 1.807) is 97.1 Å². The van der Waals surface area contributed by atoms with Gasteiger partial charge in [0.05, 0.1) is 0 Å². The van der Waals surface area contributed by atoms with Crippen LogP contribution in [0.1, 0.15) is 0 Å². The number of rotatable bonds is 16. The van der Waals surface area contributed by atoms with Crippen LogP contribution in [-0.2, 0) is 0 Å². The minimum Gasteiger partial charge on any atom is -0.310 e. The monoisotopic (exact) mass is 1220 g/mol. The molecule has 0 unspecified atom stereocenters. The maximum atomic E-state index is 14.4. The van der Waals surface area contributed by atoms with E-state index >= 15 is 0 Å². The molecule has 0 saturated carbocycles. The fraction of sp³-hybridized carbons (Fsp3) is 0. The molecular formula is C78H52F8N6+2. The van der Waals surface area contributed by atoms with Gasteiger partial charge in [0.15, 0.2) is 0 Å². The lowest BCUT2D eigenvalue weighted by atomic mass is 10.1. The average molecular weight is 1230 g/mol. The van der Waals surface area contributed by atoms with E-state index < -0.39 is 46.5 Å². The van der Waals surface area contributed by atoms with Crippen LogP contribution in [0.25, 0.3) is 0 Å². The summed E-state index contributed by atoms with van der Waals surface area (Å²) in [5.41, 5.74) is 12.4. The molecule has 0 radical (unpaired) electrons. The molecule has 13 rings (SSSR count). The van der Waals surface area contributed by atoms with E-state index in [1.807, 2.05) is 141 Å². The molecule has 0 heterocycles. The van der Waals surface area contributed by atoms with Crippen molar-refractivity contribution in [2.24, 2.45) is 0 Å². The number of hydrogen-bond acceptors (Lipinski definition) is 4. The second-order valence-corrected chi connectivity index (χ2v) is 21.4. The van der Waals surface area contributed by atoms with E-state index in [0.29, 0.717) is 68.2 Å². The van der Waals surface area contributed by atoms with Crippen molar-refractivity contribution in [3.8, 4) is 0 Å². The van der Waals surface area contributed by atoms with Crippen molar-refractivity contribution < 1.29 is 35.1 Å². The second-order valence-electron chi connectivity index (χ2n) is 21.4. The molecule has 1 aliphatic carbocycles. The number of hydrogen-bond donors (Lipinski definition) is 0. The largest absolute Gasteiger partial charge is 0.310 e. The molecule has 448 valence electrons. The Bertz CT molecular complexity index is 3900. The number of anilines is 12. The average Bonchev–Trinajstić information content (AvgIpc) is 1.06. The van der Waals surface area contributed by atoms with Crippen molar-refractivity contribution in [2.45, 2.75) is 0 Å². The molecule has 0 saturated heterocycles. The zero-order valence-electron chi connectivity index (χ0n) is 48.7. The maximum absolute atomic E-state index is 14.4. The molecule has 0 amide bonds. The maximum Gasteiger partial charge on any atom is 0.212 e. The SMILES string of the molecule is Fc1ccc(N(c2ccc(F)cc2)c2ccc([N+](=C3C=CC(=[N+](c4ccc(N(c5ccc(F)cc5)c5ccc(F)cc5)cc4)c4ccc(N(c5ccc(F)cc5)c5ccc(F)cc5)cc4)C=C3)c3ccc(N(c4ccc(F)cc4)c4ccc(F)cc4)cc3)cc2)cc1. The molecule has 0 bridgehead atoms. The Labute approximate surface area is 525 Å². The Morgan fingerprint density at radius 2 is 0.261 bits per heavy atom. The highest BCUT2D eigenvalue weighted by Crippen LogP contribution is 2.42. The van der Waals surface area contributed by atoms with Gasteiger partial charge in [0.2, 0.25) is 34.2 Å². The highest BCUT2D eigenvalue weighted by atomic mass is 19.2. The minimum absolute atomic E-state index is 0.407. The van der Waals surface area contributed by atoms with Gasteiger partial charge in [-0.15, -0.1) is 0 Å². The lowest BCUT2D eigenvalue weighted by molar-refractivity contribution is 0.627. The summed E-state index contributed by atoms with van der Waals surface area (Å²) in [6.07, 6.45) is 7.98. The van der Waals surface area contributed by atoms with Gasteiger partial charge in [0, 0.05) is 141 Å². The van der Waals surface area contributed by atoms with Crippen LogP contribution in [0.5, 0.6) is 0 Å².